The Bertz CT molecular complexity index is 457. The lowest BCUT2D eigenvalue weighted by Gasteiger charge is -2.11. The summed E-state index contributed by atoms with van der Waals surface area (Å²) in [5.41, 5.74) is 0.564. The zero-order valence-corrected chi connectivity index (χ0v) is 13.1. The fourth-order valence-electron chi connectivity index (χ4n) is 1.58. The molecule has 0 aliphatic carbocycles. The first kappa shape index (κ1) is 15.8. The fraction of sp³-hybridized carbons (Fsp3) is 0.538. The number of carbonyl (C=O) groups excluding carboxylic acids is 2. The standard InChI is InChI=1S/C13H20BrN3O2/c1-4-9(2)16-12(18)5-6-15-13(19)11-7-10(14)8-17(11)3/h7-9H,4-6H2,1-3H3,(H,15,19)(H,16,18). The fourth-order valence-corrected chi connectivity index (χ4v) is 2.10. The lowest BCUT2D eigenvalue weighted by atomic mass is 10.2. The van der Waals surface area contributed by atoms with Crippen molar-refractivity contribution < 1.29 is 9.59 Å². The van der Waals surface area contributed by atoms with E-state index < -0.39 is 0 Å². The van der Waals surface area contributed by atoms with Gasteiger partial charge in [-0.1, -0.05) is 6.92 Å². The van der Waals surface area contributed by atoms with Crippen LogP contribution in [0.4, 0.5) is 0 Å². The molecule has 0 fully saturated rings. The summed E-state index contributed by atoms with van der Waals surface area (Å²) < 4.78 is 2.59. The molecule has 6 heteroatoms. The highest BCUT2D eigenvalue weighted by molar-refractivity contribution is 9.10. The van der Waals surface area contributed by atoms with E-state index in [2.05, 4.69) is 26.6 Å². The lowest BCUT2D eigenvalue weighted by Crippen LogP contribution is -2.35. The van der Waals surface area contributed by atoms with Crippen molar-refractivity contribution in [3.05, 3.63) is 22.4 Å². The maximum atomic E-state index is 11.9. The van der Waals surface area contributed by atoms with Gasteiger partial charge in [0.1, 0.15) is 5.69 Å². The topological polar surface area (TPSA) is 63.1 Å². The van der Waals surface area contributed by atoms with Gasteiger partial charge in [-0.3, -0.25) is 9.59 Å². The van der Waals surface area contributed by atoms with Crippen molar-refractivity contribution in [1.82, 2.24) is 15.2 Å². The molecule has 0 bridgehead atoms. The second-order valence-electron chi connectivity index (χ2n) is 4.54. The minimum Gasteiger partial charge on any atom is -0.354 e. The smallest absolute Gasteiger partial charge is 0.267 e. The van der Waals surface area contributed by atoms with Crippen LogP contribution in [0.2, 0.25) is 0 Å². The number of amides is 2. The predicted octanol–water partition coefficient (Wildman–Crippen LogP) is 1.82. The maximum Gasteiger partial charge on any atom is 0.267 e. The van der Waals surface area contributed by atoms with Crippen molar-refractivity contribution in [2.45, 2.75) is 32.7 Å². The molecule has 0 aliphatic rings. The van der Waals surface area contributed by atoms with Gasteiger partial charge in [0.25, 0.3) is 5.91 Å². The summed E-state index contributed by atoms with van der Waals surface area (Å²) in [6.45, 7) is 4.31. The van der Waals surface area contributed by atoms with Gasteiger partial charge in [-0.05, 0) is 35.3 Å². The number of nitrogens with zero attached hydrogens (tertiary/aromatic N) is 1. The van der Waals surface area contributed by atoms with Crippen molar-refractivity contribution >= 4 is 27.7 Å². The van der Waals surface area contributed by atoms with Gasteiger partial charge >= 0.3 is 0 Å². The van der Waals surface area contributed by atoms with Crippen molar-refractivity contribution in [3.63, 3.8) is 0 Å². The molecule has 1 aromatic rings. The molecule has 0 saturated carbocycles. The maximum absolute atomic E-state index is 11.9. The van der Waals surface area contributed by atoms with E-state index in [-0.39, 0.29) is 17.9 Å². The Hall–Kier alpha value is -1.30. The number of aryl methyl sites for hydroxylation is 1. The highest BCUT2D eigenvalue weighted by atomic mass is 79.9. The third-order valence-electron chi connectivity index (χ3n) is 2.86. The van der Waals surface area contributed by atoms with E-state index in [1.54, 1.807) is 17.7 Å². The highest BCUT2D eigenvalue weighted by Crippen LogP contribution is 2.13. The second-order valence-corrected chi connectivity index (χ2v) is 5.45. The molecule has 0 spiro atoms. The molecule has 0 aromatic carbocycles. The zero-order chi connectivity index (χ0) is 14.4. The van der Waals surface area contributed by atoms with Gasteiger partial charge < -0.3 is 15.2 Å². The van der Waals surface area contributed by atoms with Gasteiger partial charge in [0.2, 0.25) is 5.91 Å². The van der Waals surface area contributed by atoms with E-state index in [1.165, 1.54) is 0 Å². The van der Waals surface area contributed by atoms with E-state index in [1.807, 2.05) is 20.0 Å². The Balaban J connectivity index is 2.35. The number of hydrogen-bond acceptors (Lipinski definition) is 2. The minimum absolute atomic E-state index is 0.0392. The largest absolute Gasteiger partial charge is 0.354 e. The van der Waals surface area contributed by atoms with Crippen molar-refractivity contribution in [2.24, 2.45) is 7.05 Å². The molecule has 106 valence electrons. The molecule has 1 heterocycles. The van der Waals surface area contributed by atoms with Gasteiger partial charge in [0, 0.05) is 36.7 Å². The van der Waals surface area contributed by atoms with Crippen LogP contribution in [0.1, 0.15) is 37.2 Å². The van der Waals surface area contributed by atoms with Crippen molar-refractivity contribution in [3.8, 4) is 0 Å². The summed E-state index contributed by atoms with van der Waals surface area (Å²) in [6, 6.07) is 1.92. The molecule has 2 N–H and O–H groups in total. The van der Waals surface area contributed by atoms with Crippen molar-refractivity contribution in [2.75, 3.05) is 6.54 Å². The third kappa shape index (κ3) is 5.06. The number of carbonyl (C=O) groups is 2. The Kier molecular flexibility index (Phi) is 6.08. The number of rotatable bonds is 6. The highest BCUT2D eigenvalue weighted by Gasteiger charge is 2.11. The molecule has 2 amide bonds. The molecule has 1 aromatic heterocycles. The summed E-state index contributed by atoms with van der Waals surface area (Å²) in [7, 11) is 1.80. The van der Waals surface area contributed by atoms with Gasteiger partial charge in [0.05, 0.1) is 0 Å². The zero-order valence-electron chi connectivity index (χ0n) is 11.5. The average molecular weight is 330 g/mol. The predicted molar refractivity (Wildman–Crippen MR) is 78.0 cm³/mol. The van der Waals surface area contributed by atoms with Crippen LogP contribution in [0.5, 0.6) is 0 Å². The normalized spacial score (nSPS) is 12.0. The molecular weight excluding hydrogens is 310 g/mol. The summed E-state index contributed by atoms with van der Waals surface area (Å²) in [5, 5.41) is 5.59. The van der Waals surface area contributed by atoms with Crippen LogP contribution in [0.3, 0.4) is 0 Å². The minimum atomic E-state index is -0.176. The molecule has 1 rings (SSSR count). The van der Waals surface area contributed by atoms with Crippen LogP contribution >= 0.6 is 15.9 Å². The average Bonchev–Trinajstić information content (AvgIpc) is 2.68. The number of aromatic nitrogens is 1. The van der Waals surface area contributed by atoms with Crippen molar-refractivity contribution in [1.29, 1.82) is 0 Å². The molecule has 1 atom stereocenters. The molecule has 19 heavy (non-hydrogen) atoms. The summed E-state index contributed by atoms with van der Waals surface area (Å²) in [5.74, 6) is -0.216. The van der Waals surface area contributed by atoms with Gasteiger partial charge in [-0.2, -0.15) is 0 Å². The molecule has 5 nitrogen and oxygen atoms in total. The van der Waals surface area contributed by atoms with E-state index in [0.29, 0.717) is 18.7 Å². The first-order valence-electron chi connectivity index (χ1n) is 6.33. The molecule has 0 radical (unpaired) electrons. The van der Waals surface area contributed by atoms with Crippen LogP contribution in [0.25, 0.3) is 0 Å². The van der Waals surface area contributed by atoms with Gasteiger partial charge in [0.15, 0.2) is 0 Å². The van der Waals surface area contributed by atoms with Gasteiger partial charge in [-0.25, -0.2) is 0 Å². The summed E-state index contributed by atoms with van der Waals surface area (Å²) in [6.07, 6.45) is 3.00. The Morgan fingerprint density at radius 3 is 2.68 bits per heavy atom. The molecule has 1 unspecified atom stereocenters. The SMILES string of the molecule is CCC(C)NC(=O)CCNC(=O)c1cc(Br)cn1C. The van der Waals surface area contributed by atoms with Crippen LogP contribution in [-0.2, 0) is 11.8 Å². The van der Waals surface area contributed by atoms with E-state index in [4.69, 9.17) is 0 Å². The lowest BCUT2D eigenvalue weighted by molar-refractivity contribution is -0.121. The summed E-state index contributed by atoms with van der Waals surface area (Å²) >= 11 is 3.31. The van der Waals surface area contributed by atoms with E-state index in [0.717, 1.165) is 10.9 Å². The van der Waals surface area contributed by atoms with Gasteiger partial charge in [-0.15, -0.1) is 0 Å². The number of hydrogen-bond donors (Lipinski definition) is 2. The first-order chi connectivity index (χ1) is 8.93. The Morgan fingerprint density at radius 2 is 2.16 bits per heavy atom. The summed E-state index contributed by atoms with van der Waals surface area (Å²) in [4.78, 5) is 23.4. The third-order valence-corrected chi connectivity index (χ3v) is 3.30. The second kappa shape index (κ2) is 7.33. The Labute approximate surface area is 121 Å². The van der Waals surface area contributed by atoms with E-state index >= 15 is 0 Å². The van der Waals surface area contributed by atoms with Crippen LogP contribution in [0, 0.1) is 0 Å². The van der Waals surface area contributed by atoms with E-state index in [9.17, 15) is 9.59 Å². The number of nitrogens with one attached hydrogen (secondary N) is 2. The number of halogens is 1. The van der Waals surface area contributed by atoms with Crippen LogP contribution in [-0.4, -0.2) is 29.0 Å². The first-order valence-corrected chi connectivity index (χ1v) is 7.12. The van der Waals surface area contributed by atoms with Crippen LogP contribution < -0.4 is 10.6 Å². The monoisotopic (exact) mass is 329 g/mol. The molecule has 0 aliphatic heterocycles. The molecule has 0 saturated heterocycles. The molecular formula is C13H20BrN3O2. The Morgan fingerprint density at radius 1 is 1.47 bits per heavy atom. The quantitative estimate of drug-likeness (QED) is 0.836. The van der Waals surface area contributed by atoms with Crippen LogP contribution in [0.15, 0.2) is 16.7 Å².